The van der Waals surface area contributed by atoms with Gasteiger partial charge < -0.3 is 0 Å². The predicted molar refractivity (Wildman–Crippen MR) is 113 cm³/mol. The van der Waals surface area contributed by atoms with Gasteiger partial charge in [-0.05, 0) is 41.7 Å². The molecule has 1 saturated carbocycles. The molecule has 0 amide bonds. The first-order valence-corrected chi connectivity index (χ1v) is 10.1. The van der Waals surface area contributed by atoms with Gasteiger partial charge in [-0.3, -0.25) is 0 Å². The van der Waals surface area contributed by atoms with Crippen molar-refractivity contribution in [1.29, 1.82) is 0 Å². The lowest BCUT2D eigenvalue weighted by atomic mass is 9.55. The number of benzene rings is 2. The minimum absolute atomic E-state index is 0.170. The molecule has 0 saturated heterocycles. The lowest BCUT2D eigenvalue weighted by Crippen LogP contribution is -2.41. The van der Waals surface area contributed by atoms with Crippen molar-refractivity contribution in [1.82, 2.24) is 0 Å². The second-order valence-electron chi connectivity index (χ2n) is 7.67. The molecule has 0 N–H and O–H groups in total. The minimum Gasteiger partial charge on any atom is -0.0683 e. The summed E-state index contributed by atoms with van der Waals surface area (Å²) in [4.78, 5) is 0. The van der Waals surface area contributed by atoms with Gasteiger partial charge in [0.15, 0.2) is 0 Å². The van der Waals surface area contributed by atoms with E-state index in [1.165, 1.54) is 30.4 Å². The van der Waals surface area contributed by atoms with E-state index in [2.05, 4.69) is 81.4 Å². The monoisotopic (exact) mass is 338 g/mol. The van der Waals surface area contributed by atoms with E-state index in [1.54, 1.807) is 0 Å². The van der Waals surface area contributed by atoms with E-state index in [0.717, 1.165) is 5.92 Å². The zero-order valence-electron chi connectivity index (χ0n) is 17.5. The molecule has 0 heterocycles. The van der Waals surface area contributed by atoms with Crippen LogP contribution in [0.15, 0.2) is 60.7 Å². The van der Waals surface area contributed by atoms with Gasteiger partial charge in [0.25, 0.3) is 0 Å². The third-order valence-corrected chi connectivity index (χ3v) is 5.03. The van der Waals surface area contributed by atoms with Crippen LogP contribution in [0.4, 0.5) is 0 Å². The lowest BCUT2D eigenvalue weighted by Gasteiger charge is -2.48. The molecule has 1 unspecified atom stereocenters. The van der Waals surface area contributed by atoms with E-state index < -0.39 is 0 Å². The Kier molecular flexibility index (Phi) is 8.42. The van der Waals surface area contributed by atoms with E-state index in [9.17, 15) is 0 Å². The van der Waals surface area contributed by atoms with Crippen LogP contribution < -0.4 is 0 Å². The Bertz CT molecular complexity index is 540. The molecule has 0 aromatic heterocycles. The number of rotatable bonds is 2. The second-order valence-corrected chi connectivity index (χ2v) is 7.67. The van der Waals surface area contributed by atoms with Crippen molar-refractivity contribution >= 4 is 0 Å². The minimum atomic E-state index is 0.170. The highest BCUT2D eigenvalue weighted by Crippen LogP contribution is 2.53. The molecule has 0 heteroatoms. The van der Waals surface area contributed by atoms with Gasteiger partial charge in [-0.1, -0.05) is 109 Å². The Labute approximate surface area is 156 Å². The molecule has 25 heavy (non-hydrogen) atoms. The van der Waals surface area contributed by atoms with Crippen LogP contribution in [-0.4, -0.2) is 0 Å². The fraction of sp³-hybridized carbons (Fsp3) is 0.520. The molecule has 0 bridgehead atoms. The highest BCUT2D eigenvalue weighted by atomic mass is 14.5. The van der Waals surface area contributed by atoms with Crippen LogP contribution in [0.3, 0.4) is 0 Å². The van der Waals surface area contributed by atoms with Crippen molar-refractivity contribution < 1.29 is 0 Å². The molecule has 0 spiro atoms. The molecule has 1 fully saturated rings. The fourth-order valence-corrected chi connectivity index (χ4v) is 4.69. The van der Waals surface area contributed by atoms with E-state index in [4.69, 9.17) is 0 Å². The zero-order chi connectivity index (χ0) is 18.9. The normalized spacial score (nSPS) is 20.4. The number of hydrogen-bond acceptors (Lipinski definition) is 0. The smallest absolute Gasteiger partial charge is 0.0210 e. The molecule has 138 valence electrons. The molecule has 2 aromatic carbocycles. The summed E-state index contributed by atoms with van der Waals surface area (Å²) in [6.07, 6.45) is 3.82. The summed E-state index contributed by atoms with van der Waals surface area (Å²) in [6, 6.07) is 22.3. The van der Waals surface area contributed by atoms with Crippen LogP contribution in [0.2, 0.25) is 0 Å². The molecule has 0 nitrogen and oxygen atoms in total. The summed E-state index contributed by atoms with van der Waals surface area (Å²) in [5, 5.41) is 0. The molecule has 2 aromatic rings. The first-order chi connectivity index (χ1) is 12.0. The molecule has 0 radical (unpaired) electrons. The number of hydrogen-bond donors (Lipinski definition) is 0. The highest BCUT2D eigenvalue weighted by molar-refractivity contribution is 5.40. The van der Waals surface area contributed by atoms with Crippen molar-refractivity contribution in [2.75, 3.05) is 0 Å². The summed E-state index contributed by atoms with van der Waals surface area (Å²) in [5.41, 5.74) is 3.53. The van der Waals surface area contributed by atoms with E-state index in [-0.39, 0.29) is 5.41 Å². The van der Waals surface area contributed by atoms with Crippen molar-refractivity contribution in [3.8, 4) is 0 Å². The molecule has 1 aliphatic carbocycles. The van der Waals surface area contributed by atoms with E-state index in [1.807, 2.05) is 27.7 Å². The van der Waals surface area contributed by atoms with Gasteiger partial charge in [0.1, 0.15) is 0 Å². The molecular formula is C25H38. The van der Waals surface area contributed by atoms with Crippen LogP contribution in [0.25, 0.3) is 0 Å². The van der Waals surface area contributed by atoms with Crippen molar-refractivity contribution in [3.63, 3.8) is 0 Å². The quantitative estimate of drug-likeness (QED) is 0.522. The second kappa shape index (κ2) is 9.80. The van der Waals surface area contributed by atoms with Gasteiger partial charge in [0.05, 0.1) is 0 Å². The Morgan fingerprint density at radius 2 is 1.08 bits per heavy atom. The Morgan fingerprint density at radius 1 is 0.680 bits per heavy atom. The van der Waals surface area contributed by atoms with Gasteiger partial charge >= 0.3 is 0 Å². The highest BCUT2D eigenvalue weighted by Gasteiger charge is 2.44. The third-order valence-electron chi connectivity index (χ3n) is 5.03. The maximum atomic E-state index is 2.43. The largest absolute Gasteiger partial charge is 0.0683 e. The van der Waals surface area contributed by atoms with Gasteiger partial charge in [-0.2, -0.15) is 0 Å². The van der Waals surface area contributed by atoms with E-state index >= 15 is 0 Å². The van der Waals surface area contributed by atoms with Gasteiger partial charge in [0.2, 0.25) is 0 Å². The maximum Gasteiger partial charge on any atom is 0.0210 e. The molecular weight excluding hydrogens is 300 g/mol. The maximum absolute atomic E-state index is 2.43. The van der Waals surface area contributed by atoms with E-state index in [0.29, 0.717) is 5.41 Å². The Morgan fingerprint density at radius 3 is 1.44 bits per heavy atom. The lowest BCUT2D eigenvalue weighted by molar-refractivity contribution is 0.127. The Hall–Kier alpha value is -1.56. The van der Waals surface area contributed by atoms with Crippen LogP contribution in [-0.2, 0) is 5.41 Å². The SMILES string of the molecule is CC.CC.CC1CC(C)(C)CC(c2ccccc2)(c2ccccc2)C1. The van der Waals surface area contributed by atoms with Gasteiger partial charge in [0, 0.05) is 5.41 Å². The summed E-state index contributed by atoms with van der Waals surface area (Å²) >= 11 is 0. The van der Waals surface area contributed by atoms with Crippen LogP contribution in [0.5, 0.6) is 0 Å². The topological polar surface area (TPSA) is 0 Å². The molecule has 1 aliphatic rings. The summed E-state index contributed by atoms with van der Waals surface area (Å²) in [6.45, 7) is 15.3. The van der Waals surface area contributed by atoms with Crippen molar-refractivity contribution in [2.24, 2.45) is 11.3 Å². The first-order valence-electron chi connectivity index (χ1n) is 10.1. The third kappa shape index (κ3) is 5.21. The molecule has 0 aliphatic heterocycles. The van der Waals surface area contributed by atoms with Crippen LogP contribution in [0, 0.1) is 11.3 Å². The van der Waals surface area contributed by atoms with Crippen LogP contribution in [0.1, 0.15) is 78.9 Å². The zero-order valence-corrected chi connectivity index (χ0v) is 17.5. The molecule has 1 atom stereocenters. The predicted octanol–water partition coefficient (Wildman–Crippen LogP) is 7.87. The van der Waals surface area contributed by atoms with Gasteiger partial charge in [-0.25, -0.2) is 0 Å². The first kappa shape index (κ1) is 21.5. The summed E-state index contributed by atoms with van der Waals surface area (Å²) < 4.78 is 0. The summed E-state index contributed by atoms with van der Waals surface area (Å²) in [7, 11) is 0. The van der Waals surface area contributed by atoms with Gasteiger partial charge in [-0.15, -0.1) is 0 Å². The summed E-state index contributed by atoms with van der Waals surface area (Å²) in [5.74, 6) is 0.758. The van der Waals surface area contributed by atoms with Crippen LogP contribution >= 0.6 is 0 Å². The Balaban J connectivity index is 0.000000730. The molecule has 3 rings (SSSR count). The average molecular weight is 339 g/mol. The fourth-order valence-electron chi connectivity index (χ4n) is 4.69. The van der Waals surface area contributed by atoms with Crippen molar-refractivity contribution in [2.45, 2.75) is 73.1 Å². The standard InChI is InChI=1S/C21H26.2C2H6/c1-17-14-20(2,3)16-21(15-17,18-10-6-4-7-11-18)19-12-8-5-9-13-19;2*1-2/h4-13,17H,14-16H2,1-3H3;2*1-2H3. The average Bonchev–Trinajstić information content (AvgIpc) is 2.65. The van der Waals surface area contributed by atoms with Crippen molar-refractivity contribution in [3.05, 3.63) is 71.8 Å².